The van der Waals surface area contributed by atoms with E-state index in [1.54, 1.807) is 19.9 Å². The van der Waals surface area contributed by atoms with Crippen LogP contribution in [0, 0.1) is 5.82 Å². The number of halogens is 1. The second kappa shape index (κ2) is 6.91. The number of sulfonamides is 1. The number of fused-ring (bicyclic) bond motifs is 5. The summed E-state index contributed by atoms with van der Waals surface area (Å²) in [6.45, 7) is 3.47. The molecule has 1 aliphatic carbocycles. The van der Waals surface area contributed by atoms with E-state index >= 15 is 0 Å². The number of aliphatic hydroxyl groups is 1. The lowest BCUT2D eigenvalue weighted by Crippen LogP contribution is -2.33. The summed E-state index contributed by atoms with van der Waals surface area (Å²) < 4.78 is 46.5. The summed E-state index contributed by atoms with van der Waals surface area (Å²) in [5.41, 5.74) is 1.69. The van der Waals surface area contributed by atoms with Gasteiger partial charge in [0.05, 0.1) is 18.0 Å². The van der Waals surface area contributed by atoms with Gasteiger partial charge in [-0.05, 0) is 54.7 Å². The molecule has 0 radical (unpaired) electrons. The predicted octanol–water partition coefficient (Wildman–Crippen LogP) is 2.95. The molecular formula is C21H24FNO4S. The van der Waals surface area contributed by atoms with E-state index in [4.69, 9.17) is 4.74 Å². The van der Waals surface area contributed by atoms with E-state index in [-0.39, 0.29) is 24.3 Å². The molecule has 2 aromatic rings. The maximum absolute atomic E-state index is 14.1. The highest BCUT2D eigenvalue weighted by atomic mass is 32.2. The molecular weight excluding hydrogens is 381 g/mol. The zero-order valence-corrected chi connectivity index (χ0v) is 16.7. The Kier molecular flexibility index (Phi) is 4.82. The van der Waals surface area contributed by atoms with Crippen molar-refractivity contribution in [2.75, 3.05) is 12.3 Å². The molecule has 4 atom stereocenters. The first-order valence-electron chi connectivity index (χ1n) is 9.47. The van der Waals surface area contributed by atoms with Gasteiger partial charge in [0.1, 0.15) is 11.4 Å². The lowest BCUT2D eigenvalue weighted by atomic mass is 9.83. The van der Waals surface area contributed by atoms with Crippen LogP contribution >= 0.6 is 0 Å². The van der Waals surface area contributed by atoms with E-state index in [1.807, 2.05) is 24.3 Å². The molecule has 2 aromatic carbocycles. The zero-order valence-electron chi connectivity index (χ0n) is 15.9. The van der Waals surface area contributed by atoms with Crippen LogP contribution in [0.2, 0.25) is 0 Å². The van der Waals surface area contributed by atoms with Crippen molar-refractivity contribution >= 4 is 10.0 Å². The molecule has 1 saturated heterocycles. The Morgan fingerprint density at radius 1 is 1.21 bits per heavy atom. The Morgan fingerprint density at radius 2 is 1.93 bits per heavy atom. The average molecular weight is 405 g/mol. The van der Waals surface area contributed by atoms with E-state index in [0.717, 1.165) is 11.1 Å². The number of nitrogens with one attached hydrogen (secondary N) is 1. The molecule has 28 heavy (non-hydrogen) atoms. The van der Waals surface area contributed by atoms with Gasteiger partial charge in [0.25, 0.3) is 0 Å². The van der Waals surface area contributed by atoms with Crippen molar-refractivity contribution in [2.24, 2.45) is 0 Å². The molecule has 150 valence electrons. The van der Waals surface area contributed by atoms with E-state index in [1.165, 1.54) is 12.1 Å². The van der Waals surface area contributed by atoms with Crippen molar-refractivity contribution in [3.63, 3.8) is 0 Å². The lowest BCUT2D eigenvalue weighted by molar-refractivity contribution is 0.0410. The summed E-state index contributed by atoms with van der Waals surface area (Å²) in [7, 11) is -3.32. The first-order valence-corrected chi connectivity index (χ1v) is 11.1. The highest BCUT2D eigenvalue weighted by Crippen LogP contribution is 2.53. The highest BCUT2D eigenvalue weighted by molar-refractivity contribution is 7.89. The van der Waals surface area contributed by atoms with Crippen LogP contribution in [0.25, 0.3) is 0 Å². The largest absolute Gasteiger partial charge is 0.381 e. The standard InChI is InChI=1S/C21H24FNO4S/c1-3-28(25,26)23-12-14-11-16-15-6-4-5-7-18(15)21(2,24)19-9-8-13(22)10-17(19)20(16)27-14/h4-10,14,16,20,23-24H,3,11-12H2,1-2H3/t14-,16-,20+,21-/m1/s1. The molecule has 0 spiro atoms. The molecule has 0 saturated carbocycles. The van der Waals surface area contributed by atoms with Crippen LogP contribution in [0.15, 0.2) is 42.5 Å². The van der Waals surface area contributed by atoms with Crippen molar-refractivity contribution < 1.29 is 22.7 Å². The highest BCUT2D eigenvalue weighted by Gasteiger charge is 2.46. The third kappa shape index (κ3) is 3.26. The van der Waals surface area contributed by atoms with Crippen LogP contribution in [0.1, 0.15) is 54.5 Å². The number of hydrogen-bond acceptors (Lipinski definition) is 4. The zero-order chi connectivity index (χ0) is 20.1. The van der Waals surface area contributed by atoms with Crippen LogP contribution in [-0.4, -0.2) is 31.9 Å². The quantitative estimate of drug-likeness (QED) is 0.820. The molecule has 5 nitrogen and oxygen atoms in total. The van der Waals surface area contributed by atoms with Gasteiger partial charge in [-0.3, -0.25) is 0 Å². The molecule has 0 amide bonds. The van der Waals surface area contributed by atoms with Crippen LogP contribution in [0.4, 0.5) is 4.39 Å². The van der Waals surface area contributed by atoms with Gasteiger partial charge in [-0.1, -0.05) is 30.3 Å². The second-order valence-corrected chi connectivity index (χ2v) is 9.76. The van der Waals surface area contributed by atoms with Crippen molar-refractivity contribution in [2.45, 2.75) is 44.0 Å². The Labute approximate surface area is 164 Å². The summed E-state index contributed by atoms with van der Waals surface area (Å²) in [5.74, 6) is -0.480. The minimum Gasteiger partial charge on any atom is -0.381 e. The molecule has 7 heteroatoms. The van der Waals surface area contributed by atoms with Crippen molar-refractivity contribution in [1.82, 2.24) is 4.72 Å². The molecule has 0 bridgehead atoms. The fraction of sp³-hybridized carbons (Fsp3) is 0.429. The third-order valence-electron chi connectivity index (χ3n) is 5.86. The van der Waals surface area contributed by atoms with Gasteiger partial charge >= 0.3 is 0 Å². The smallest absolute Gasteiger partial charge is 0.211 e. The first kappa shape index (κ1) is 19.5. The number of hydrogen-bond donors (Lipinski definition) is 2. The van der Waals surface area contributed by atoms with E-state index < -0.39 is 27.5 Å². The summed E-state index contributed by atoms with van der Waals surface area (Å²) in [6, 6.07) is 12.0. The Morgan fingerprint density at radius 3 is 2.68 bits per heavy atom. The molecule has 0 unspecified atom stereocenters. The van der Waals surface area contributed by atoms with Gasteiger partial charge in [0, 0.05) is 12.5 Å². The summed E-state index contributed by atoms with van der Waals surface area (Å²) in [5, 5.41) is 11.3. The van der Waals surface area contributed by atoms with Gasteiger partial charge in [-0.2, -0.15) is 0 Å². The predicted molar refractivity (Wildman–Crippen MR) is 104 cm³/mol. The van der Waals surface area contributed by atoms with E-state index in [2.05, 4.69) is 4.72 Å². The number of ether oxygens (including phenoxy) is 1. The number of rotatable bonds is 4. The molecule has 2 N–H and O–H groups in total. The molecule has 1 aliphatic heterocycles. The fourth-order valence-electron chi connectivity index (χ4n) is 4.42. The molecule has 1 fully saturated rings. The minimum atomic E-state index is -3.32. The van der Waals surface area contributed by atoms with Crippen LogP contribution in [0.5, 0.6) is 0 Å². The summed E-state index contributed by atoms with van der Waals surface area (Å²) >= 11 is 0. The van der Waals surface area contributed by atoms with Gasteiger partial charge in [-0.15, -0.1) is 0 Å². The third-order valence-corrected chi connectivity index (χ3v) is 7.23. The Bertz CT molecular complexity index is 1010. The van der Waals surface area contributed by atoms with Gasteiger partial charge in [0.15, 0.2) is 0 Å². The van der Waals surface area contributed by atoms with Crippen molar-refractivity contribution in [3.8, 4) is 0 Å². The van der Waals surface area contributed by atoms with Gasteiger partial charge in [0.2, 0.25) is 10.0 Å². The fourth-order valence-corrected chi connectivity index (χ4v) is 5.06. The van der Waals surface area contributed by atoms with Crippen LogP contribution in [-0.2, 0) is 20.4 Å². The molecule has 0 aromatic heterocycles. The van der Waals surface area contributed by atoms with Crippen molar-refractivity contribution in [1.29, 1.82) is 0 Å². The first-order chi connectivity index (χ1) is 13.2. The Balaban J connectivity index is 1.77. The maximum atomic E-state index is 14.1. The SMILES string of the molecule is CCS(=O)(=O)NC[C@H]1C[C@@H]2c3ccccc3[C@@](C)(O)c3ccc(F)cc3[C@H]2O1. The average Bonchev–Trinajstić information content (AvgIpc) is 3.08. The second-order valence-electron chi connectivity index (χ2n) is 7.66. The van der Waals surface area contributed by atoms with Gasteiger partial charge in [-0.25, -0.2) is 17.5 Å². The summed E-state index contributed by atoms with van der Waals surface area (Å²) in [6.07, 6.45) is -0.194. The molecule has 1 heterocycles. The van der Waals surface area contributed by atoms with E-state index in [9.17, 15) is 17.9 Å². The minimum absolute atomic E-state index is 0.00627. The molecule has 4 rings (SSSR count). The maximum Gasteiger partial charge on any atom is 0.211 e. The van der Waals surface area contributed by atoms with Crippen LogP contribution in [0.3, 0.4) is 0 Å². The lowest BCUT2D eigenvalue weighted by Gasteiger charge is -2.27. The normalized spacial score (nSPS) is 28.9. The van der Waals surface area contributed by atoms with Crippen molar-refractivity contribution in [3.05, 3.63) is 70.5 Å². The topological polar surface area (TPSA) is 75.6 Å². The number of benzene rings is 2. The monoisotopic (exact) mass is 405 g/mol. The summed E-state index contributed by atoms with van der Waals surface area (Å²) in [4.78, 5) is 0. The van der Waals surface area contributed by atoms with Gasteiger partial charge < -0.3 is 9.84 Å². The Hall–Kier alpha value is -1.80. The van der Waals surface area contributed by atoms with Crippen LogP contribution < -0.4 is 4.72 Å². The van der Waals surface area contributed by atoms with E-state index in [0.29, 0.717) is 17.5 Å². The molecule has 2 aliphatic rings.